The van der Waals surface area contributed by atoms with Gasteiger partial charge in [-0.1, -0.05) is 18.2 Å². The molecule has 0 bridgehead atoms. The largest absolute Gasteiger partial charge is 0.494 e. The molecule has 4 rings (SSSR count). The number of aromatic nitrogens is 3. The number of hydrogen-bond acceptors (Lipinski definition) is 4. The third-order valence-electron chi connectivity index (χ3n) is 4.04. The first-order valence-corrected chi connectivity index (χ1v) is 7.39. The molecule has 6 nitrogen and oxygen atoms in total. The van der Waals surface area contributed by atoms with Crippen LogP contribution in [0.25, 0.3) is 16.6 Å². The van der Waals surface area contributed by atoms with Crippen LogP contribution < -0.4 is 10.5 Å². The van der Waals surface area contributed by atoms with Gasteiger partial charge in [0, 0.05) is 19.2 Å². The number of fused-ring (bicyclic) bond motifs is 1. The number of anilines is 1. The van der Waals surface area contributed by atoms with Crippen molar-refractivity contribution in [3.05, 3.63) is 46.8 Å². The summed E-state index contributed by atoms with van der Waals surface area (Å²) in [5.74, 6) is 0.642. The van der Waals surface area contributed by atoms with Gasteiger partial charge >= 0.3 is 0 Å². The second-order valence-corrected chi connectivity index (χ2v) is 5.51. The number of pyridine rings is 1. The van der Waals surface area contributed by atoms with Crippen molar-refractivity contribution in [1.29, 1.82) is 0 Å². The van der Waals surface area contributed by atoms with E-state index in [4.69, 9.17) is 0 Å². The van der Waals surface area contributed by atoms with E-state index in [1.54, 1.807) is 4.68 Å². The first-order valence-electron chi connectivity index (χ1n) is 7.39. The smallest absolute Gasteiger partial charge is 0.264 e. The van der Waals surface area contributed by atoms with Crippen molar-refractivity contribution in [2.75, 3.05) is 18.0 Å². The monoisotopic (exact) mass is 296 g/mol. The summed E-state index contributed by atoms with van der Waals surface area (Å²) in [5.41, 5.74) is 1.10. The molecule has 2 aromatic heterocycles. The maximum Gasteiger partial charge on any atom is 0.264 e. The van der Waals surface area contributed by atoms with E-state index in [0.29, 0.717) is 10.9 Å². The zero-order valence-electron chi connectivity index (χ0n) is 12.0. The summed E-state index contributed by atoms with van der Waals surface area (Å²) in [6, 6.07) is 11.2. The summed E-state index contributed by atoms with van der Waals surface area (Å²) in [5, 5.41) is 14.7. The summed E-state index contributed by atoms with van der Waals surface area (Å²) >= 11 is 0. The van der Waals surface area contributed by atoms with Gasteiger partial charge in [-0.15, -0.1) is 0 Å². The van der Waals surface area contributed by atoms with Gasteiger partial charge in [0.2, 0.25) is 0 Å². The van der Waals surface area contributed by atoms with Crippen LogP contribution in [0.5, 0.6) is 5.88 Å². The van der Waals surface area contributed by atoms with Gasteiger partial charge in [-0.25, -0.2) is 4.68 Å². The van der Waals surface area contributed by atoms with E-state index in [0.717, 1.165) is 37.4 Å². The molecule has 0 spiro atoms. The minimum absolute atomic E-state index is 0.164. The van der Waals surface area contributed by atoms with Gasteiger partial charge < -0.3 is 10.0 Å². The number of nitrogens with one attached hydrogen (secondary N) is 1. The Labute approximate surface area is 126 Å². The van der Waals surface area contributed by atoms with Gasteiger partial charge in [0.15, 0.2) is 5.88 Å². The molecule has 0 radical (unpaired) electrons. The number of nitrogens with zero attached hydrogens (tertiary/aromatic N) is 3. The number of hydrogen-bond donors (Lipinski definition) is 2. The zero-order valence-corrected chi connectivity index (χ0v) is 12.0. The van der Waals surface area contributed by atoms with Crippen molar-refractivity contribution in [2.45, 2.75) is 12.8 Å². The Morgan fingerprint density at radius 2 is 1.86 bits per heavy atom. The summed E-state index contributed by atoms with van der Waals surface area (Å²) in [6.45, 7) is 1.82. The van der Waals surface area contributed by atoms with Crippen LogP contribution in [0.4, 0.5) is 5.82 Å². The van der Waals surface area contributed by atoms with E-state index in [2.05, 4.69) is 15.0 Å². The molecule has 1 aliphatic heterocycles. The molecule has 0 unspecified atom stereocenters. The highest BCUT2D eigenvalue weighted by Crippen LogP contribution is 2.30. The van der Waals surface area contributed by atoms with E-state index in [-0.39, 0.29) is 11.4 Å². The number of H-pyrrole nitrogens is 1. The van der Waals surface area contributed by atoms with Crippen LogP contribution in [0.15, 0.2) is 41.2 Å². The lowest BCUT2D eigenvalue weighted by Gasteiger charge is -2.19. The van der Waals surface area contributed by atoms with Crippen LogP contribution in [0.1, 0.15) is 12.8 Å². The number of aromatic hydroxyl groups is 1. The highest BCUT2D eigenvalue weighted by atomic mass is 16.3. The van der Waals surface area contributed by atoms with Crippen molar-refractivity contribution in [3.8, 4) is 11.6 Å². The fourth-order valence-corrected chi connectivity index (χ4v) is 3.06. The second-order valence-electron chi connectivity index (χ2n) is 5.51. The molecule has 0 amide bonds. The molecule has 0 atom stereocenters. The van der Waals surface area contributed by atoms with Crippen LogP contribution in [0.3, 0.4) is 0 Å². The molecule has 3 heterocycles. The average molecular weight is 296 g/mol. The summed E-state index contributed by atoms with van der Waals surface area (Å²) in [6.07, 6.45) is 2.22. The molecular weight excluding hydrogens is 280 g/mol. The molecule has 3 aromatic rings. The third kappa shape index (κ3) is 1.95. The Kier molecular flexibility index (Phi) is 2.89. The summed E-state index contributed by atoms with van der Waals surface area (Å²) in [7, 11) is 0. The molecule has 112 valence electrons. The Balaban J connectivity index is 2.05. The molecule has 1 fully saturated rings. The number of benzene rings is 1. The normalized spacial score (nSPS) is 14.8. The van der Waals surface area contributed by atoms with Gasteiger partial charge in [-0.3, -0.25) is 9.78 Å². The van der Waals surface area contributed by atoms with E-state index in [1.165, 1.54) is 6.07 Å². The minimum Gasteiger partial charge on any atom is -0.494 e. The minimum atomic E-state index is -0.306. The van der Waals surface area contributed by atoms with Crippen molar-refractivity contribution in [3.63, 3.8) is 0 Å². The van der Waals surface area contributed by atoms with E-state index < -0.39 is 0 Å². The molecular formula is C16H16N4O2. The van der Waals surface area contributed by atoms with E-state index >= 15 is 0 Å². The Morgan fingerprint density at radius 1 is 1.14 bits per heavy atom. The fraction of sp³-hybridized carbons (Fsp3) is 0.250. The number of para-hydroxylation sites is 1. The lowest BCUT2D eigenvalue weighted by Crippen LogP contribution is -2.23. The van der Waals surface area contributed by atoms with Gasteiger partial charge in [-0.2, -0.15) is 5.10 Å². The van der Waals surface area contributed by atoms with Crippen LogP contribution in [-0.2, 0) is 0 Å². The van der Waals surface area contributed by atoms with E-state index in [9.17, 15) is 9.90 Å². The topological polar surface area (TPSA) is 74.1 Å². The van der Waals surface area contributed by atoms with Gasteiger partial charge in [-0.05, 0) is 25.0 Å². The number of aromatic amines is 1. The second kappa shape index (κ2) is 4.91. The maximum absolute atomic E-state index is 12.3. The summed E-state index contributed by atoms with van der Waals surface area (Å²) in [4.78, 5) is 17.0. The molecule has 0 aliphatic carbocycles. The lowest BCUT2D eigenvalue weighted by molar-refractivity contribution is 0.453. The van der Waals surface area contributed by atoms with Crippen LogP contribution in [0.2, 0.25) is 0 Å². The average Bonchev–Trinajstić information content (AvgIpc) is 3.14. The molecule has 0 saturated carbocycles. The van der Waals surface area contributed by atoms with Gasteiger partial charge in [0.05, 0.1) is 5.69 Å². The van der Waals surface area contributed by atoms with Crippen molar-refractivity contribution in [1.82, 2.24) is 14.8 Å². The maximum atomic E-state index is 12.3. The molecule has 2 N–H and O–H groups in total. The molecule has 6 heteroatoms. The molecule has 1 aliphatic rings. The predicted molar refractivity (Wildman–Crippen MR) is 84.8 cm³/mol. The van der Waals surface area contributed by atoms with Crippen molar-refractivity contribution >= 4 is 16.7 Å². The van der Waals surface area contributed by atoms with Gasteiger partial charge in [0.1, 0.15) is 16.7 Å². The van der Waals surface area contributed by atoms with E-state index in [1.807, 2.05) is 30.3 Å². The predicted octanol–water partition coefficient (Wildman–Crippen LogP) is 2.02. The SMILES string of the molecule is O=c1[nH]c(O)cc2nn(-c3ccccc3)c(N3CCCC3)c12. The Hall–Kier alpha value is -2.76. The summed E-state index contributed by atoms with van der Waals surface area (Å²) < 4.78 is 1.80. The van der Waals surface area contributed by atoms with Crippen LogP contribution in [0, 0.1) is 0 Å². The fourth-order valence-electron chi connectivity index (χ4n) is 3.06. The third-order valence-corrected chi connectivity index (χ3v) is 4.04. The highest BCUT2D eigenvalue weighted by molar-refractivity contribution is 5.91. The molecule has 1 saturated heterocycles. The van der Waals surface area contributed by atoms with Crippen LogP contribution in [-0.4, -0.2) is 33.0 Å². The van der Waals surface area contributed by atoms with Crippen molar-refractivity contribution < 1.29 is 5.11 Å². The molecule has 22 heavy (non-hydrogen) atoms. The zero-order chi connectivity index (χ0) is 15.1. The first kappa shape index (κ1) is 12.9. The quantitative estimate of drug-likeness (QED) is 0.758. The molecule has 1 aromatic carbocycles. The Bertz CT molecular complexity index is 876. The first-order chi connectivity index (χ1) is 10.7. The standard InChI is InChI=1S/C16H16N4O2/c21-13-10-12-14(15(22)17-13)16(19-8-4-5-9-19)20(18-12)11-6-2-1-3-7-11/h1-3,6-7,10,21H,4-5,8-9H2,(H,17,22). The highest BCUT2D eigenvalue weighted by Gasteiger charge is 2.24. The van der Waals surface area contributed by atoms with Gasteiger partial charge in [0.25, 0.3) is 5.56 Å². The number of rotatable bonds is 2. The van der Waals surface area contributed by atoms with Crippen LogP contribution >= 0.6 is 0 Å². The lowest BCUT2D eigenvalue weighted by atomic mass is 10.3. The van der Waals surface area contributed by atoms with Crippen molar-refractivity contribution in [2.24, 2.45) is 0 Å². The Morgan fingerprint density at radius 3 is 2.59 bits per heavy atom.